The fourth-order valence-electron chi connectivity index (χ4n) is 3.44. The number of aliphatic carboxylic acids is 2. The minimum Gasteiger partial charge on any atom is -0.550 e. The van der Waals surface area contributed by atoms with Crippen molar-refractivity contribution in [3.63, 3.8) is 0 Å². The maximum Gasteiger partial charge on any atom is 0.228 e. The lowest BCUT2D eigenvalue weighted by Gasteiger charge is -2.41. The van der Waals surface area contributed by atoms with Crippen LogP contribution in [0.5, 0.6) is 0 Å². The summed E-state index contributed by atoms with van der Waals surface area (Å²) in [6.07, 6.45) is 3.13. The first kappa shape index (κ1) is 18.7. The molecule has 2 atom stereocenters. The number of amides is 1. The molecule has 0 aliphatic heterocycles. The maximum atomic E-state index is 12.7. The standard InChI is InChI=1S/C19H23NO5/c1-18(2)14(9-10-19(18,3)17(24)25)16(23)20-13-6-4-5-12(11-13)7-8-15(21)22/h4-8,11,14H,9-10H2,1-3H3,(H,20,23)(H,21,22)(H,24,25)/p-2. The molecule has 1 N–H and O–H groups in total. The lowest BCUT2D eigenvalue weighted by molar-refractivity contribution is -0.323. The van der Waals surface area contributed by atoms with Crippen molar-refractivity contribution in [1.82, 2.24) is 0 Å². The van der Waals surface area contributed by atoms with Crippen molar-refractivity contribution in [2.24, 2.45) is 16.7 Å². The van der Waals surface area contributed by atoms with E-state index in [1.54, 1.807) is 45.0 Å². The van der Waals surface area contributed by atoms with Crippen LogP contribution in [0.25, 0.3) is 6.08 Å². The summed E-state index contributed by atoms with van der Waals surface area (Å²) < 4.78 is 0. The Balaban J connectivity index is 2.17. The molecule has 6 heteroatoms. The Kier molecular flexibility index (Phi) is 5.02. The van der Waals surface area contributed by atoms with Gasteiger partial charge in [-0.25, -0.2) is 0 Å². The number of carbonyl (C=O) groups excluding carboxylic acids is 3. The van der Waals surface area contributed by atoms with Crippen molar-refractivity contribution in [3.8, 4) is 0 Å². The summed E-state index contributed by atoms with van der Waals surface area (Å²) >= 11 is 0. The highest BCUT2D eigenvalue weighted by Crippen LogP contribution is 2.55. The highest BCUT2D eigenvalue weighted by Gasteiger charge is 2.54. The lowest BCUT2D eigenvalue weighted by Crippen LogP contribution is -2.49. The van der Waals surface area contributed by atoms with Gasteiger partial charge in [-0.3, -0.25) is 4.79 Å². The quantitative estimate of drug-likeness (QED) is 0.787. The summed E-state index contributed by atoms with van der Waals surface area (Å²) in [7, 11) is 0. The number of hydrogen-bond acceptors (Lipinski definition) is 5. The van der Waals surface area contributed by atoms with Crippen molar-refractivity contribution in [1.29, 1.82) is 0 Å². The number of rotatable bonds is 5. The van der Waals surface area contributed by atoms with Gasteiger partial charge in [-0.05, 0) is 42.0 Å². The molecule has 25 heavy (non-hydrogen) atoms. The first-order valence-electron chi connectivity index (χ1n) is 8.09. The zero-order chi connectivity index (χ0) is 18.8. The molecule has 0 aromatic heterocycles. The van der Waals surface area contributed by atoms with Crippen LogP contribution in [-0.4, -0.2) is 17.8 Å². The van der Waals surface area contributed by atoms with Crippen LogP contribution in [0.1, 0.15) is 39.2 Å². The Morgan fingerprint density at radius 2 is 1.88 bits per heavy atom. The first-order chi connectivity index (χ1) is 11.6. The monoisotopic (exact) mass is 343 g/mol. The molecule has 1 fully saturated rings. The summed E-state index contributed by atoms with van der Waals surface area (Å²) in [4.78, 5) is 34.7. The van der Waals surface area contributed by atoms with Gasteiger partial charge in [0.05, 0.1) is 5.97 Å². The van der Waals surface area contributed by atoms with Gasteiger partial charge in [-0.2, -0.15) is 0 Å². The molecule has 1 amide bonds. The van der Waals surface area contributed by atoms with E-state index in [9.17, 15) is 24.6 Å². The van der Waals surface area contributed by atoms with Crippen molar-refractivity contribution >= 4 is 29.6 Å². The molecular formula is C19H21NO5-2. The van der Waals surface area contributed by atoms with E-state index in [2.05, 4.69) is 5.32 Å². The fraction of sp³-hybridized carbons (Fsp3) is 0.421. The molecule has 0 heterocycles. The van der Waals surface area contributed by atoms with Crippen LogP contribution < -0.4 is 15.5 Å². The summed E-state index contributed by atoms with van der Waals surface area (Å²) in [5.74, 6) is -3.15. The van der Waals surface area contributed by atoms with Crippen LogP contribution in [0.15, 0.2) is 30.3 Å². The largest absolute Gasteiger partial charge is 0.550 e. The highest BCUT2D eigenvalue weighted by molar-refractivity contribution is 5.94. The average molecular weight is 343 g/mol. The van der Waals surface area contributed by atoms with Gasteiger partial charge in [0.2, 0.25) is 5.91 Å². The number of carbonyl (C=O) groups is 3. The molecule has 1 aromatic carbocycles. The fourth-order valence-corrected chi connectivity index (χ4v) is 3.44. The van der Waals surface area contributed by atoms with Gasteiger partial charge in [0.1, 0.15) is 0 Å². The second kappa shape index (κ2) is 6.70. The van der Waals surface area contributed by atoms with E-state index >= 15 is 0 Å². The van der Waals surface area contributed by atoms with E-state index < -0.39 is 28.7 Å². The third-order valence-electron chi connectivity index (χ3n) is 5.56. The molecule has 134 valence electrons. The molecule has 6 nitrogen and oxygen atoms in total. The highest BCUT2D eigenvalue weighted by atomic mass is 16.4. The van der Waals surface area contributed by atoms with E-state index in [0.717, 1.165) is 6.08 Å². The number of nitrogens with one attached hydrogen (secondary N) is 1. The third kappa shape index (κ3) is 3.57. The topological polar surface area (TPSA) is 109 Å². The second-order valence-electron chi connectivity index (χ2n) is 7.20. The number of carboxylic acid groups (broad SMARTS) is 2. The predicted molar refractivity (Wildman–Crippen MR) is 88.7 cm³/mol. The molecule has 0 saturated heterocycles. The van der Waals surface area contributed by atoms with Crippen molar-refractivity contribution in [2.75, 3.05) is 5.32 Å². The van der Waals surface area contributed by atoms with Gasteiger partial charge in [-0.15, -0.1) is 0 Å². The first-order valence-corrected chi connectivity index (χ1v) is 8.09. The zero-order valence-electron chi connectivity index (χ0n) is 14.5. The number of anilines is 1. The smallest absolute Gasteiger partial charge is 0.228 e. The Labute approximate surface area is 146 Å². The Morgan fingerprint density at radius 1 is 1.20 bits per heavy atom. The van der Waals surface area contributed by atoms with E-state index in [1.165, 1.54) is 6.08 Å². The van der Waals surface area contributed by atoms with Crippen molar-refractivity contribution in [2.45, 2.75) is 33.6 Å². The summed E-state index contributed by atoms with van der Waals surface area (Å²) in [5, 5.41) is 24.8. The van der Waals surface area contributed by atoms with Gasteiger partial charge in [-0.1, -0.05) is 39.0 Å². The molecule has 1 aliphatic rings. The number of hydrogen-bond donors (Lipinski definition) is 1. The van der Waals surface area contributed by atoms with Gasteiger partial charge in [0.15, 0.2) is 0 Å². The Morgan fingerprint density at radius 3 is 2.44 bits per heavy atom. The van der Waals surface area contributed by atoms with Crippen molar-refractivity contribution < 1.29 is 24.6 Å². The minimum atomic E-state index is -1.30. The van der Waals surface area contributed by atoms with Crippen LogP contribution in [0.3, 0.4) is 0 Å². The molecular weight excluding hydrogens is 322 g/mol. The molecule has 2 rings (SSSR count). The average Bonchev–Trinajstić information content (AvgIpc) is 2.77. The summed E-state index contributed by atoms with van der Waals surface area (Å²) in [6, 6.07) is 6.71. The molecule has 0 bridgehead atoms. The molecule has 0 spiro atoms. The summed E-state index contributed by atoms with van der Waals surface area (Å²) in [5.41, 5.74) is -0.688. The lowest BCUT2D eigenvalue weighted by atomic mass is 9.65. The molecule has 0 radical (unpaired) electrons. The van der Waals surface area contributed by atoms with E-state index in [0.29, 0.717) is 24.1 Å². The number of carboxylic acids is 2. The van der Waals surface area contributed by atoms with Crippen LogP contribution in [0, 0.1) is 16.7 Å². The molecule has 1 saturated carbocycles. The summed E-state index contributed by atoms with van der Waals surface area (Å²) in [6.45, 7) is 5.18. The third-order valence-corrected chi connectivity index (χ3v) is 5.56. The van der Waals surface area contributed by atoms with Crippen LogP contribution in [0.4, 0.5) is 5.69 Å². The zero-order valence-corrected chi connectivity index (χ0v) is 14.5. The van der Waals surface area contributed by atoms with E-state index in [4.69, 9.17) is 0 Å². The van der Waals surface area contributed by atoms with Crippen LogP contribution in [-0.2, 0) is 14.4 Å². The Bertz CT molecular complexity index is 737. The van der Waals surface area contributed by atoms with Crippen LogP contribution >= 0.6 is 0 Å². The predicted octanol–water partition coefficient (Wildman–Crippen LogP) is 0.581. The van der Waals surface area contributed by atoms with Gasteiger partial charge >= 0.3 is 0 Å². The molecule has 1 aliphatic carbocycles. The van der Waals surface area contributed by atoms with Gasteiger partial charge in [0, 0.05) is 23.0 Å². The normalized spacial score (nSPS) is 25.0. The van der Waals surface area contributed by atoms with Gasteiger partial charge < -0.3 is 25.1 Å². The Hall–Kier alpha value is -2.63. The minimum absolute atomic E-state index is 0.254. The second-order valence-corrected chi connectivity index (χ2v) is 7.20. The maximum absolute atomic E-state index is 12.7. The van der Waals surface area contributed by atoms with E-state index in [-0.39, 0.29) is 5.91 Å². The number of benzene rings is 1. The van der Waals surface area contributed by atoms with Gasteiger partial charge in [0.25, 0.3) is 0 Å². The molecule has 1 aromatic rings. The van der Waals surface area contributed by atoms with Crippen molar-refractivity contribution in [3.05, 3.63) is 35.9 Å². The molecule has 2 unspecified atom stereocenters. The van der Waals surface area contributed by atoms with Crippen LogP contribution in [0.2, 0.25) is 0 Å². The SMILES string of the molecule is CC1(C(=O)[O-])CCC(C(=O)Nc2cccc(C=CC(=O)[O-])c2)C1(C)C. The van der Waals surface area contributed by atoms with E-state index in [1.807, 2.05) is 0 Å².